The molecule has 0 saturated carbocycles. The molecule has 0 saturated heterocycles. The van der Waals surface area contributed by atoms with Gasteiger partial charge < -0.3 is 4.74 Å². The number of rotatable bonds is 3. The van der Waals surface area contributed by atoms with Crippen molar-refractivity contribution in [2.75, 3.05) is 7.11 Å². The first kappa shape index (κ1) is 9.11. The van der Waals surface area contributed by atoms with Gasteiger partial charge in [0.25, 0.3) is 0 Å². The highest BCUT2D eigenvalue weighted by Crippen LogP contribution is 2.17. The molecule has 12 heavy (non-hydrogen) atoms. The summed E-state index contributed by atoms with van der Waals surface area (Å²) in [4.78, 5) is 0. The molecular weight excluding hydrogens is 148 g/mol. The first-order valence-electron chi connectivity index (χ1n) is 4.47. The minimum Gasteiger partial charge on any atom is -0.497 e. The van der Waals surface area contributed by atoms with Gasteiger partial charge >= 0.3 is 0 Å². The van der Waals surface area contributed by atoms with Crippen LogP contribution in [0.15, 0.2) is 18.2 Å². The Labute approximate surface area is 74.4 Å². The summed E-state index contributed by atoms with van der Waals surface area (Å²) in [5.41, 5.74) is 2.71. The smallest absolute Gasteiger partial charge is 0.119 e. The van der Waals surface area contributed by atoms with E-state index in [1.54, 1.807) is 7.11 Å². The Morgan fingerprint density at radius 2 is 1.50 bits per heavy atom. The lowest BCUT2D eigenvalue weighted by Gasteiger charge is -2.05. The fourth-order valence-electron chi connectivity index (χ4n) is 1.25. The molecule has 1 heteroatoms. The molecule has 0 aliphatic rings. The number of hydrogen-bond donors (Lipinski definition) is 0. The van der Waals surface area contributed by atoms with Gasteiger partial charge in [0.05, 0.1) is 7.11 Å². The average Bonchev–Trinajstić information content (AvgIpc) is 2.16. The number of aryl methyl sites for hydroxylation is 2. The topological polar surface area (TPSA) is 9.23 Å². The van der Waals surface area contributed by atoms with Gasteiger partial charge in [0, 0.05) is 0 Å². The van der Waals surface area contributed by atoms with Crippen LogP contribution in [-0.4, -0.2) is 7.11 Å². The van der Waals surface area contributed by atoms with Gasteiger partial charge in [-0.1, -0.05) is 19.9 Å². The molecule has 0 spiro atoms. The van der Waals surface area contributed by atoms with E-state index in [0.717, 1.165) is 18.6 Å². The molecule has 0 radical (unpaired) electrons. The molecule has 0 atom stereocenters. The van der Waals surface area contributed by atoms with Crippen LogP contribution < -0.4 is 4.74 Å². The first-order chi connectivity index (χ1) is 5.80. The van der Waals surface area contributed by atoms with Crippen LogP contribution in [0.4, 0.5) is 0 Å². The average molecular weight is 164 g/mol. The van der Waals surface area contributed by atoms with Crippen molar-refractivity contribution < 1.29 is 4.74 Å². The summed E-state index contributed by atoms with van der Waals surface area (Å²) in [5, 5.41) is 0. The second-order valence-electron chi connectivity index (χ2n) is 2.90. The standard InChI is InChI=1S/C11H16O/c1-4-9-6-10(5-2)8-11(7-9)12-3/h6-8H,4-5H2,1-3H3. The summed E-state index contributed by atoms with van der Waals surface area (Å²) in [5.74, 6) is 0.978. The third kappa shape index (κ3) is 2.00. The lowest BCUT2D eigenvalue weighted by atomic mass is 10.1. The Bertz CT molecular complexity index is 198. The van der Waals surface area contributed by atoms with Crippen molar-refractivity contribution in [3.8, 4) is 5.75 Å². The summed E-state index contributed by atoms with van der Waals surface area (Å²) in [6.45, 7) is 4.32. The van der Waals surface area contributed by atoms with Crippen molar-refractivity contribution in [1.82, 2.24) is 0 Å². The molecule has 0 amide bonds. The third-order valence-corrected chi connectivity index (χ3v) is 2.08. The van der Waals surface area contributed by atoms with Gasteiger partial charge in [-0.25, -0.2) is 0 Å². The van der Waals surface area contributed by atoms with Crippen molar-refractivity contribution >= 4 is 0 Å². The maximum atomic E-state index is 5.20. The Morgan fingerprint density at radius 3 is 1.83 bits per heavy atom. The fraction of sp³-hybridized carbons (Fsp3) is 0.455. The van der Waals surface area contributed by atoms with E-state index in [9.17, 15) is 0 Å². The molecular formula is C11H16O. The van der Waals surface area contributed by atoms with E-state index in [1.165, 1.54) is 11.1 Å². The zero-order valence-corrected chi connectivity index (χ0v) is 8.05. The van der Waals surface area contributed by atoms with E-state index in [0.29, 0.717) is 0 Å². The highest BCUT2D eigenvalue weighted by molar-refractivity contribution is 5.34. The lowest BCUT2D eigenvalue weighted by molar-refractivity contribution is 0.414. The lowest BCUT2D eigenvalue weighted by Crippen LogP contribution is -1.89. The summed E-state index contributed by atoms with van der Waals surface area (Å²) in [6.07, 6.45) is 2.15. The van der Waals surface area contributed by atoms with Crippen molar-refractivity contribution in [2.45, 2.75) is 26.7 Å². The van der Waals surface area contributed by atoms with Crippen molar-refractivity contribution in [2.24, 2.45) is 0 Å². The van der Waals surface area contributed by atoms with E-state index >= 15 is 0 Å². The van der Waals surface area contributed by atoms with Gasteiger partial charge in [0.2, 0.25) is 0 Å². The molecule has 0 aromatic heterocycles. The quantitative estimate of drug-likeness (QED) is 0.667. The Morgan fingerprint density at radius 1 is 1.00 bits per heavy atom. The highest BCUT2D eigenvalue weighted by atomic mass is 16.5. The Balaban J connectivity index is 3.01. The van der Waals surface area contributed by atoms with E-state index in [-0.39, 0.29) is 0 Å². The zero-order valence-electron chi connectivity index (χ0n) is 8.05. The summed E-state index contributed by atoms with van der Waals surface area (Å²) in [7, 11) is 1.72. The molecule has 0 N–H and O–H groups in total. The highest BCUT2D eigenvalue weighted by Gasteiger charge is 1.97. The predicted molar refractivity (Wildman–Crippen MR) is 51.8 cm³/mol. The number of methoxy groups -OCH3 is 1. The van der Waals surface area contributed by atoms with Crippen LogP contribution in [0.2, 0.25) is 0 Å². The molecule has 0 heterocycles. The molecule has 66 valence electrons. The van der Waals surface area contributed by atoms with Crippen LogP contribution in [0.5, 0.6) is 5.75 Å². The number of hydrogen-bond acceptors (Lipinski definition) is 1. The molecule has 0 bridgehead atoms. The minimum atomic E-state index is 0.978. The molecule has 0 unspecified atom stereocenters. The van der Waals surface area contributed by atoms with Gasteiger partial charge in [-0.15, -0.1) is 0 Å². The summed E-state index contributed by atoms with van der Waals surface area (Å²) >= 11 is 0. The van der Waals surface area contributed by atoms with Gasteiger partial charge in [-0.2, -0.15) is 0 Å². The Kier molecular flexibility index (Phi) is 3.15. The monoisotopic (exact) mass is 164 g/mol. The minimum absolute atomic E-state index is 0.978. The van der Waals surface area contributed by atoms with Crippen LogP contribution in [0.1, 0.15) is 25.0 Å². The van der Waals surface area contributed by atoms with Gasteiger partial charge in [0.1, 0.15) is 5.75 Å². The second kappa shape index (κ2) is 4.15. The van der Waals surface area contributed by atoms with Gasteiger partial charge in [0.15, 0.2) is 0 Å². The molecule has 1 aromatic carbocycles. The number of ether oxygens (including phenoxy) is 1. The maximum absolute atomic E-state index is 5.20. The molecule has 0 fully saturated rings. The van der Waals surface area contributed by atoms with E-state index in [1.807, 2.05) is 0 Å². The molecule has 0 aliphatic carbocycles. The van der Waals surface area contributed by atoms with Crippen LogP contribution in [0.25, 0.3) is 0 Å². The van der Waals surface area contributed by atoms with E-state index in [2.05, 4.69) is 32.0 Å². The first-order valence-corrected chi connectivity index (χ1v) is 4.47. The fourth-order valence-corrected chi connectivity index (χ4v) is 1.25. The second-order valence-corrected chi connectivity index (χ2v) is 2.90. The summed E-state index contributed by atoms with van der Waals surface area (Å²) < 4.78 is 5.20. The molecule has 1 rings (SSSR count). The van der Waals surface area contributed by atoms with E-state index < -0.39 is 0 Å². The van der Waals surface area contributed by atoms with Gasteiger partial charge in [-0.3, -0.25) is 0 Å². The van der Waals surface area contributed by atoms with Crippen LogP contribution in [0, 0.1) is 0 Å². The third-order valence-electron chi connectivity index (χ3n) is 2.08. The maximum Gasteiger partial charge on any atom is 0.119 e. The van der Waals surface area contributed by atoms with Gasteiger partial charge in [-0.05, 0) is 36.1 Å². The van der Waals surface area contributed by atoms with Crippen LogP contribution in [-0.2, 0) is 12.8 Å². The number of benzene rings is 1. The Hall–Kier alpha value is -0.980. The normalized spacial score (nSPS) is 9.92. The van der Waals surface area contributed by atoms with Crippen LogP contribution >= 0.6 is 0 Å². The summed E-state index contributed by atoms with van der Waals surface area (Å²) in [6, 6.07) is 6.43. The van der Waals surface area contributed by atoms with E-state index in [4.69, 9.17) is 4.74 Å². The predicted octanol–water partition coefficient (Wildman–Crippen LogP) is 2.82. The largest absolute Gasteiger partial charge is 0.497 e. The van der Waals surface area contributed by atoms with Crippen LogP contribution in [0.3, 0.4) is 0 Å². The molecule has 0 aliphatic heterocycles. The molecule has 1 nitrogen and oxygen atoms in total. The molecule has 1 aromatic rings. The van der Waals surface area contributed by atoms with Crippen molar-refractivity contribution in [3.05, 3.63) is 29.3 Å². The SMILES string of the molecule is CCc1cc(CC)cc(OC)c1. The zero-order chi connectivity index (χ0) is 8.97. The van der Waals surface area contributed by atoms with Crippen molar-refractivity contribution in [3.63, 3.8) is 0 Å². The van der Waals surface area contributed by atoms with Crippen molar-refractivity contribution in [1.29, 1.82) is 0 Å².